The summed E-state index contributed by atoms with van der Waals surface area (Å²) in [4.78, 5) is 0. The summed E-state index contributed by atoms with van der Waals surface area (Å²) < 4.78 is 5.32. The molecule has 3 nitrogen and oxygen atoms in total. The first-order chi connectivity index (χ1) is 6.65. The zero-order valence-electron chi connectivity index (χ0n) is 8.53. The number of benzene rings is 1. The Bertz CT molecular complexity index is 295. The molecule has 0 saturated heterocycles. The number of ether oxygens (including phenoxy) is 1. The Balaban J connectivity index is 2.91. The predicted molar refractivity (Wildman–Crippen MR) is 54.4 cm³/mol. The highest BCUT2D eigenvalue weighted by Crippen LogP contribution is 2.26. The van der Waals surface area contributed by atoms with Gasteiger partial charge in [0.15, 0.2) is 0 Å². The fourth-order valence-electron chi connectivity index (χ4n) is 1.27. The van der Waals surface area contributed by atoms with Crippen LogP contribution in [-0.4, -0.2) is 23.4 Å². The second kappa shape index (κ2) is 4.98. The maximum atomic E-state index is 9.45. The van der Waals surface area contributed by atoms with Gasteiger partial charge in [0.05, 0.1) is 12.7 Å². The van der Waals surface area contributed by atoms with Crippen LogP contribution in [0.2, 0.25) is 0 Å². The van der Waals surface area contributed by atoms with Gasteiger partial charge < -0.3 is 14.9 Å². The average molecular weight is 196 g/mol. The lowest BCUT2D eigenvalue weighted by Crippen LogP contribution is -2.05. The highest BCUT2D eigenvalue weighted by molar-refractivity contribution is 5.38. The summed E-state index contributed by atoms with van der Waals surface area (Å²) in [6.07, 6.45) is -0.552. The third-order valence-corrected chi connectivity index (χ3v) is 1.97. The van der Waals surface area contributed by atoms with E-state index < -0.39 is 6.10 Å². The van der Waals surface area contributed by atoms with E-state index in [0.717, 1.165) is 11.1 Å². The van der Waals surface area contributed by atoms with Crippen molar-refractivity contribution in [1.29, 1.82) is 0 Å². The third kappa shape index (κ3) is 2.72. The number of hydrogen-bond donors (Lipinski definition) is 2. The van der Waals surface area contributed by atoms with E-state index in [-0.39, 0.29) is 13.2 Å². The SMILES string of the molecule is Cc1ccc([C@@H](C)O)c(OCCO)c1. The van der Waals surface area contributed by atoms with E-state index >= 15 is 0 Å². The predicted octanol–water partition coefficient (Wildman–Crippen LogP) is 1.42. The molecule has 1 rings (SSSR count). The Morgan fingerprint density at radius 2 is 2.14 bits per heavy atom. The van der Waals surface area contributed by atoms with E-state index in [1.165, 1.54) is 0 Å². The van der Waals surface area contributed by atoms with Crippen LogP contribution in [0, 0.1) is 6.92 Å². The number of aliphatic hydroxyl groups excluding tert-OH is 2. The third-order valence-electron chi connectivity index (χ3n) is 1.97. The lowest BCUT2D eigenvalue weighted by molar-refractivity contribution is 0.177. The van der Waals surface area contributed by atoms with Crippen molar-refractivity contribution in [2.24, 2.45) is 0 Å². The summed E-state index contributed by atoms with van der Waals surface area (Å²) in [6.45, 7) is 3.88. The molecule has 0 aromatic heterocycles. The van der Waals surface area contributed by atoms with E-state index in [4.69, 9.17) is 9.84 Å². The van der Waals surface area contributed by atoms with E-state index in [0.29, 0.717) is 5.75 Å². The minimum Gasteiger partial charge on any atom is -0.491 e. The zero-order chi connectivity index (χ0) is 10.6. The van der Waals surface area contributed by atoms with Crippen molar-refractivity contribution in [1.82, 2.24) is 0 Å². The molecule has 1 aromatic rings. The fraction of sp³-hybridized carbons (Fsp3) is 0.455. The molecular weight excluding hydrogens is 180 g/mol. The molecule has 0 bridgehead atoms. The van der Waals surface area contributed by atoms with Crippen molar-refractivity contribution >= 4 is 0 Å². The number of aryl methyl sites for hydroxylation is 1. The molecule has 0 saturated carbocycles. The van der Waals surface area contributed by atoms with Crippen LogP contribution in [-0.2, 0) is 0 Å². The molecule has 0 unspecified atom stereocenters. The Morgan fingerprint density at radius 1 is 1.43 bits per heavy atom. The second-order valence-electron chi connectivity index (χ2n) is 3.29. The first-order valence-electron chi connectivity index (χ1n) is 4.67. The maximum Gasteiger partial charge on any atom is 0.125 e. The Kier molecular flexibility index (Phi) is 3.92. The lowest BCUT2D eigenvalue weighted by atomic mass is 10.1. The van der Waals surface area contributed by atoms with Gasteiger partial charge in [-0.3, -0.25) is 0 Å². The van der Waals surface area contributed by atoms with E-state index in [1.807, 2.05) is 25.1 Å². The van der Waals surface area contributed by atoms with Crippen molar-refractivity contribution in [3.8, 4) is 5.75 Å². The molecule has 78 valence electrons. The van der Waals surface area contributed by atoms with E-state index in [9.17, 15) is 5.11 Å². The molecule has 0 amide bonds. The van der Waals surface area contributed by atoms with E-state index in [1.54, 1.807) is 6.92 Å². The molecule has 0 aliphatic carbocycles. The van der Waals surface area contributed by atoms with Gasteiger partial charge in [-0.1, -0.05) is 12.1 Å². The smallest absolute Gasteiger partial charge is 0.125 e. The van der Waals surface area contributed by atoms with Gasteiger partial charge in [0.25, 0.3) is 0 Å². The molecule has 0 aliphatic rings. The largest absolute Gasteiger partial charge is 0.491 e. The second-order valence-corrected chi connectivity index (χ2v) is 3.29. The normalized spacial score (nSPS) is 12.6. The van der Waals surface area contributed by atoms with Crippen molar-refractivity contribution in [3.05, 3.63) is 29.3 Å². The topological polar surface area (TPSA) is 49.7 Å². The summed E-state index contributed by atoms with van der Waals surface area (Å²) in [6, 6.07) is 5.62. The minimum absolute atomic E-state index is 0.0206. The number of rotatable bonds is 4. The minimum atomic E-state index is -0.552. The number of hydrogen-bond acceptors (Lipinski definition) is 3. The van der Waals surface area contributed by atoms with Crippen LogP contribution >= 0.6 is 0 Å². The molecule has 14 heavy (non-hydrogen) atoms. The highest BCUT2D eigenvalue weighted by atomic mass is 16.5. The zero-order valence-corrected chi connectivity index (χ0v) is 8.53. The first-order valence-corrected chi connectivity index (χ1v) is 4.67. The van der Waals surface area contributed by atoms with Gasteiger partial charge >= 0.3 is 0 Å². The summed E-state index contributed by atoms with van der Waals surface area (Å²) in [5.41, 5.74) is 1.83. The van der Waals surface area contributed by atoms with Crippen LogP contribution in [0.25, 0.3) is 0 Å². The Labute approximate surface area is 84.0 Å². The molecule has 1 atom stereocenters. The van der Waals surface area contributed by atoms with Gasteiger partial charge in [-0.15, -0.1) is 0 Å². The van der Waals surface area contributed by atoms with Crippen LogP contribution < -0.4 is 4.74 Å². The Hall–Kier alpha value is -1.06. The van der Waals surface area contributed by atoms with Crippen LogP contribution in [0.15, 0.2) is 18.2 Å². The molecule has 0 heterocycles. The molecule has 0 radical (unpaired) electrons. The average Bonchev–Trinajstić information content (AvgIpc) is 2.14. The van der Waals surface area contributed by atoms with Crippen molar-refractivity contribution < 1.29 is 14.9 Å². The van der Waals surface area contributed by atoms with Gasteiger partial charge in [0.2, 0.25) is 0 Å². The van der Waals surface area contributed by atoms with Crippen molar-refractivity contribution in [2.45, 2.75) is 20.0 Å². The molecule has 0 fully saturated rings. The van der Waals surface area contributed by atoms with Crippen LogP contribution in [0.4, 0.5) is 0 Å². The Morgan fingerprint density at radius 3 is 2.71 bits per heavy atom. The first kappa shape index (κ1) is 11.0. The van der Waals surface area contributed by atoms with Gasteiger partial charge in [-0.2, -0.15) is 0 Å². The molecule has 3 heteroatoms. The van der Waals surface area contributed by atoms with E-state index in [2.05, 4.69) is 0 Å². The van der Waals surface area contributed by atoms with Crippen LogP contribution in [0.3, 0.4) is 0 Å². The number of aliphatic hydroxyl groups is 2. The standard InChI is InChI=1S/C11H16O3/c1-8-3-4-10(9(2)13)11(7-8)14-6-5-12/h3-4,7,9,12-13H,5-6H2,1-2H3/t9-/m1/s1. The van der Waals surface area contributed by atoms with Gasteiger partial charge in [-0.25, -0.2) is 0 Å². The maximum absolute atomic E-state index is 9.45. The van der Waals surface area contributed by atoms with Crippen molar-refractivity contribution in [2.75, 3.05) is 13.2 Å². The van der Waals surface area contributed by atoms with Crippen LogP contribution in [0.5, 0.6) is 5.75 Å². The van der Waals surface area contributed by atoms with Gasteiger partial charge in [0, 0.05) is 5.56 Å². The molecule has 1 aromatic carbocycles. The molecule has 0 aliphatic heterocycles. The fourth-order valence-corrected chi connectivity index (χ4v) is 1.27. The van der Waals surface area contributed by atoms with Gasteiger partial charge in [0.1, 0.15) is 12.4 Å². The molecule has 2 N–H and O–H groups in total. The lowest BCUT2D eigenvalue weighted by Gasteiger charge is -2.13. The monoisotopic (exact) mass is 196 g/mol. The summed E-state index contributed by atoms with van der Waals surface area (Å²) >= 11 is 0. The van der Waals surface area contributed by atoms with Crippen LogP contribution in [0.1, 0.15) is 24.2 Å². The summed E-state index contributed by atoms with van der Waals surface area (Å²) in [5, 5.41) is 18.1. The quantitative estimate of drug-likeness (QED) is 0.765. The van der Waals surface area contributed by atoms with Crippen molar-refractivity contribution in [3.63, 3.8) is 0 Å². The molecule has 0 spiro atoms. The summed E-state index contributed by atoms with van der Waals surface area (Å²) in [5.74, 6) is 0.647. The summed E-state index contributed by atoms with van der Waals surface area (Å²) in [7, 11) is 0. The van der Waals surface area contributed by atoms with Gasteiger partial charge in [-0.05, 0) is 25.5 Å². The highest BCUT2D eigenvalue weighted by Gasteiger charge is 2.08. The molecular formula is C11H16O3.